The number of hydrogen-bond acceptors (Lipinski definition) is 2. The predicted octanol–water partition coefficient (Wildman–Crippen LogP) is 9.35. The third-order valence-corrected chi connectivity index (χ3v) is 8.36. The Morgan fingerprint density at radius 2 is 1.67 bits per heavy atom. The SMILES string of the molecule is C=Cc1c(Br)cnn1/C(=C\C(=C)c1ccccc1C1=CC1)CCc1ccc(CNC(=O)c2ccc3ccccc3c2)cc1. The van der Waals surface area contributed by atoms with Crippen LogP contribution in [0.5, 0.6) is 0 Å². The first-order chi connectivity index (χ1) is 21.0. The summed E-state index contributed by atoms with van der Waals surface area (Å²) in [6.45, 7) is 8.92. The fourth-order valence-electron chi connectivity index (χ4n) is 5.29. The Bertz CT molecular complexity index is 1910. The number of carbonyl (C=O) groups is 1. The topological polar surface area (TPSA) is 46.9 Å². The summed E-state index contributed by atoms with van der Waals surface area (Å²) in [5.74, 6) is -0.0761. The highest BCUT2D eigenvalue weighted by Gasteiger charge is 2.16. The molecule has 0 aliphatic heterocycles. The first-order valence-electron chi connectivity index (χ1n) is 14.4. The predicted molar refractivity (Wildman–Crippen MR) is 182 cm³/mol. The molecule has 1 aliphatic rings. The van der Waals surface area contributed by atoms with E-state index in [1.807, 2.05) is 53.2 Å². The van der Waals surface area contributed by atoms with E-state index < -0.39 is 0 Å². The lowest BCUT2D eigenvalue weighted by atomic mass is 9.97. The number of rotatable bonds is 11. The first-order valence-corrected chi connectivity index (χ1v) is 15.2. The van der Waals surface area contributed by atoms with Gasteiger partial charge in [0.2, 0.25) is 0 Å². The standard InChI is InChI=1S/C38H32BrN3O/c1-3-37-36(39)25-41-42(37)33(22-26(2)34-10-6-7-11-35(34)30-18-19-30)21-16-27-12-14-28(15-13-27)24-40-38(43)32-20-17-29-8-4-5-9-31(29)23-32/h3-15,17-18,20,22-23,25H,1-2,16,19,21,24H2,(H,40,43)/b33-22-. The number of hydrogen-bond donors (Lipinski definition) is 1. The maximum Gasteiger partial charge on any atom is 0.251 e. The van der Waals surface area contributed by atoms with Crippen molar-refractivity contribution in [2.45, 2.75) is 25.8 Å². The Morgan fingerprint density at radius 3 is 2.44 bits per heavy atom. The van der Waals surface area contributed by atoms with Crippen LogP contribution in [0.25, 0.3) is 33.7 Å². The lowest BCUT2D eigenvalue weighted by Gasteiger charge is -2.14. The monoisotopic (exact) mass is 625 g/mol. The van der Waals surface area contributed by atoms with Gasteiger partial charge in [0.1, 0.15) is 0 Å². The van der Waals surface area contributed by atoms with Gasteiger partial charge in [-0.3, -0.25) is 4.79 Å². The molecule has 6 rings (SSSR count). The van der Waals surface area contributed by atoms with E-state index in [1.54, 1.807) is 6.20 Å². The average Bonchev–Trinajstić information content (AvgIpc) is 3.83. The highest BCUT2D eigenvalue weighted by atomic mass is 79.9. The van der Waals surface area contributed by atoms with Gasteiger partial charge in [-0.1, -0.05) is 98.1 Å². The van der Waals surface area contributed by atoms with Gasteiger partial charge < -0.3 is 5.32 Å². The number of nitrogens with one attached hydrogen (secondary N) is 1. The van der Waals surface area contributed by atoms with E-state index in [0.717, 1.165) is 62.6 Å². The Kier molecular flexibility index (Phi) is 8.34. The van der Waals surface area contributed by atoms with Gasteiger partial charge >= 0.3 is 0 Å². The lowest BCUT2D eigenvalue weighted by molar-refractivity contribution is 0.0951. The molecular weight excluding hydrogens is 594 g/mol. The van der Waals surface area contributed by atoms with Gasteiger partial charge in [0.15, 0.2) is 0 Å². The third kappa shape index (κ3) is 6.52. The molecule has 212 valence electrons. The minimum Gasteiger partial charge on any atom is -0.348 e. The highest BCUT2D eigenvalue weighted by Crippen LogP contribution is 2.36. The summed E-state index contributed by atoms with van der Waals surface area (Å²) in [7, 11) is 0. The van der Waals surface area contributed by atoms with Gasteiger partial charge in [0, 0.05) is 17.8 Å². The molecule has 0 fully saturated rings. The van der Waals surface area contributed by atoms with Crippen molar-refractivity contribution in [2.75, 3.05) is 0 Å². The largest absolute Gasteiger partial charge is 0.348 e. The molecule has 4 nitrogen and oxygen atoms in total. The number of benzene rings is 4. The van der Waals surface area contributed by atoms with Crippen molar-refractivity contribution in [1.82, 2.24) is 15.1 Å². The Morgan fingerprint density at radius 1 is 0.953 bits per heavy atom. The summed E-state index contributed by atoms with van der Waals surface area (Å²) in [5.41, 5.74) is 9.59. The van der Waals surface area contributed by atoms with E-state index in [2.05, 4.69) is 100 Å². The first kappa shape index (κ1) is 28.4. The molecule has 0 unspecified atom stereocenters. The van der Waals surface area contributed by atoms with Crippen molar-refractivity contribution in [2.24, 2.45) is 0 Å². The molecule has 1 heterocycles. The van der Waals surface area contributed by atoms with Crippen molar-refractivity contribution in [3.05, 3.63) is 160 Å². The second-order valence-electron chi connectivity index (χ2n) is 10.7. The number of aryl methyl sites for hydroxylation is 1. The molecule has 0 bridgehead atoms. The number of nitrogens with zero attached hydrogens (tertiary/aromatic N) is 2. The molecule has 0 saturated heterocycles. The van der Waals surface area contributed by atoms with E-state index in [-0.39, 0.29) is 5.91 Å². The Labute approximate surface area is 260 Å². The summed E-state index contributed by atoms with van der Waals surface area (Å²) in [6.07, 6.45) is 10.6. The summed E-state index contributed by atoms with van der Waals surface area (Å²) >= 11 is 3.61. The van der Waals surface area contributed by atoms with Crippen LogP contribution in [0.15, 0.2) is 127 Å². The number of amides is 1. The van der Waals surface area contributed by atoms with Gasteiger partial charge in [-0.05, 0) is 104 Å². The molecule has 43 heavy (non-hydrogen) atoms. The summed E-state index contributed by atoms with van der Waals surface area (Å²) in [5, 5.41) is 9.89. The number of carbonyl (C=O) groups excluding carboxylic acids is 1. The van der Waals surface area contributed by atoms with Crippen LogP contribution >= 0.6 is 15.9 Å². The average molecular weight is 627 g/mol. The maximum atomic E-state index is 12.8. The number of fused-ring (bicyclic) bond motifs is 1. The number of allylic oxidation sites excluding steroid dienone is 5. The Hall–Kier alpha value is -4.74. The lowest BCUT2D eigenvalue weighted by Crippen LogP contribution is -2.22. The number of aromatic nitrogens is 2. The minimum absolute atomic E-state index is 0.0761. The van der Waals surface area contributed by atoms with Gasteiger partial charge in [0.05, 0.1) is 16.4 Å². The molecule has 0 saturated carbocycles. The van der Waals surface area contributed by atoms with Crippen LogP contribution in [-0.2, 0) is 13.0 Å². The van der Waals surface area contributed by atoms with Crippen molar-refractivity contribution in [1.29, 1.82) is 0 Å². The highest BCUT2D eigenvalue weighted by molar-refractivity contribution is 9.10. The van der Waals surface area contributed by atoms with Crippen LogP contribution in [0.4, 0.5) is 0 Å². The van der Waals surface area contributed by atoms with Gasteiger partial charge in [0.25, 0.3) is 5.91 Å². The fourth-order valence-corrected chi connectivity index (χ4v) is 5.72. The summed E-state index contributed by atoms with van der Waals surface area (Å²) in [6, 6.07) is 30.7. The van der Waals surface area contributed by atoms with Crippen LogP contribution in [0.3, 0.4) is 0 Å². The van der Waals surface area contributed by atoms with Crippen molar-refractivity contribution >= 4 is 55.5 Å². The van der Waals surface area contributed by atoms with E-state index in [4.69, 9.17) is 0 Å². The van der Waals surface area contributed by atoms with Gasteiger partial charge in [-0.25, -0.2) is 4.68 Å². The van der Waals surface area contributed by atoms with Crippen LogP contribution in [0.1, 0.15) is 51.1 Å². The normalized spacial score (nSPS) is 12.6. The Balaban J connectivity index is 1.15. The molecule has 1 N–H and O–H groups in total. The van der Waals surface area contributed by atoms with Crippen LogP contribution in [0, 0.1) is 0 Å². The molecule has 5 aromatic rings. The van der Waals surface area contributed by atoms with E-state index >= 15 is 0 Å². The van der Waals surface area contributed by atoms with E-state index in [1.165, 1.54) is 16.7 Å². The molecule has 1 amide bonds. The van der Waals surface area contributed by atoms with Crippen molar-refractivity contribution < 1.29 is 4.79 Å². The second kappa shape index (κ2) is 12.6. The molecule has 4 aromatic carbocycles. The third-order valence-electron chi connectivity index (χ3n) is 7.75. The zero-order valence-electron chi connectivity index (χ0n) is 23.9. The molecule has 5 heteroatoms. The van der Waals surface area contributed by atoms with Crippen molar-refractivity contribution in [3.8, 4) is 0 Å². The van der Waals surface area contributed by atoms with Crippen LogP contribution < -0.4 is 5.32 Å². The van der Waals surface area contributed by atoms with Gasteiger partial charge in [-0.2, -0.15) is 5.10 Å². The van der Waals surface area contributed by atoms with E-state index in [9.17, 15) is 4.79 Å². The fraction of sp³-hybridized carbons (Fsp3) is 0.105. The van der Waals surface area contributed by atoms with Crippen molar-refractivity contribution in [3.63, 3.8) is 0 Å². The zero-order chi connectivity index (χ0) is 29.8. The maximum absolute atomic E-state index is 12.8. The molecule has 0 spiro atoms. The van der Waals surface area contributed by atoms with E-state index in [0.29, 0.717) is 12.1 Å². The molecule has 0 radical (unpaired) electrons. The second-order valence-corrected chi connectivity index (χ2v) is 11.5. The summed E-state index contributed by atoms with van der Waals surface area (Å²) in [4.78, 5) is 12.8. The molecule has 1 aliphatic carbocycles. The number of halogens is 1. The minimum atomic E-state index is -0.0761. The van der Waals surface area contributed by atoms with Crippen LogP contribution in [0.2, 0.25) is 0 Å². The molecule has 1 aromatic heterocycles. The molecule has 0 atom stereocenters. The van der Waals surface area contributed by atoms with Gasteiger partial charge in [-0.15, -0.1) is 0 Å². The molecular formula is C38H32BrN3O. The smallest absolute Gasteiger partial charge is 0.251 e. The summed E-state index contributed by atoms with van der Waals surface area (Å²) < 4.78 is 2.84. The quantitative estimate of drug-likeness (QED) is 0.149. The zero-order valence-corrected chi connectivity index (χ0v) is 25.5. The van der Waals surface area contributed by atoms with Crippen LogP contribution in [-0.4, -0.2) is 15.7 Å².